The average Bonchev–Trinajstić information content (AvgIpc) is 2.93. The van der Waals surface area contributed by atoms with Crippen LogP contribution < -0.4 is 11.1 Å². The fourth-order valence-corrected chi connectivity index (χ4v) is 3.29. The third-order valence-corrected chi connectivity index (χ3v) is 4.69. The molecule has 0 spiro atoms. The molecule has 3 nitrogen and oxygen atoms in total. The number of ether oxygens (including phenoxy) is 1. The molecule has 0 saturated heterocycles. The second-order valence-electron chi connectivity index (χ2n) is 5.85. The van der Waals surface area contributed by atoms with Gasteiger partial charge in [0.15, 0.2) is 0 Å². The summed E-state index contributed by atoms with van der Waals surface area (Å²) in [7, 11) is 1.82. The minimum Gasteiger partial charge on any atom is -0.381 e. The average molecular weight is 252 g/mol. The molecule has 0 aliphatic heterocycles. The van der Waals surface area contributed by atoms with Gasteiger partial charge in [-0.1, -0.05) is 11.6 Å². The van der Waals surface area contributed by atoms with Gasteiger partial charge in [-0.25, -0.2) is 0 Å². The zero-order valence-electron chi connectivity index (χ0n) is 11.7. The van der Waals surface area contributed by atoms with E-state index in [1.165, 1.54) is 25.7 Å². The number of allylic oxidation sites excluding steroid dienone is 1. The van der Waals surface area contributed by atoms with Crippen molar-refractivity contribution in [2.24, 2.45) is 5.73 Å². The third-order valence-electron chi connectivity index (χ3n) is 4.69. The summed E-state index contributed by atoms with van der Waals surface area (Å²) in [6.07, 6.45) is 12.6. The van der Waals surface area contributed by atoms with E-state index in [0.29, 0.717) is 6.10 Å². The molecule has 0 amide bonds. The molecule has 0 bridgehead atoms. The Balaban J connectivity index is 1.74. The zero-order valence-corrected chi connectivity index (χ0v) is 11.7. The van der Waals surface area contributed by atoms with Crippen LogP contribution in [0.5, 0.6) is 0 Å². The zero-order chi connectivity index (χ0) is 12.8. The second-order valence-corrected chi connectivity index (χ2v) is 5.85. The number of hydrogen-bond acceptors (Lipinski definition) is 3. The van der Waals surface area contributed by atoms with E-state index in [9.17, 15) is 0 Å². The Morgan fingerprint density at radius 1 is 1.44 bits per heavy atom. The van der Waals surface area contributed by atoms with Crippen molar-refractivity contribution in [3.63, 3.8) is 0 Å². The smallest absolute Gasteiger partial charge is 0.0572 e. The van der Waals surface area contributed by atoms with Crippen molar-refractivity contribution in [3.8, 4) is 0 Å². The van der Waals surface area contributed by atoms with Gasteiger partial charge in [0, 0.05) is 19.2 Å². The van der Waals surface area contributed by atoms with Crippen LogP contribution in [0.4, 0.5) is 0 Å². The van der Waals surface area contributed by atoms with Gasteiger partial charge in [0.1, 0.15) is 0 Å². The lowest BCUT2D eigenvalue weighted by atomic mass is 9.80. The molecule has 0 radical (unpaired) electrons. The molecule has 18 heavy (non-hydrogen) atoms. The standard InChI is InChI=1S/C15H28N2O/c1-18-14-6-9-15(12-16,10-7-14)17-11-8-13-4-2-3-5-13/h4,14,17H,2-3,5-12,16H2,1H3. The number of nitrogens with two attached hydrogens (primary N) is 1. The summed E-state index contributed by atoms with van der Waals surface area (Å²) in [5.41, 5.74) is 7.82. The Labute approximate surface area is 111 Å². The van der Waals surface area contributed by atoms with Crippen LogP contribution in [-0.2, 0) is 4.74 Å². The van der Waals surface area contributed by atoms with E-state index in [-0.39, 0.29) is 5.54 Å². The molecule has 0 unspecified atom stereocenters. The highest BCUT2D eigenvalue weighted by atomic mass is 16.5. The Morgan fingerprint density at radius 3 is 2.78 bits per heavy atom. The summed E-state index contributed by atoms with van der Waals surface area (Å²) in [6.45, 7) is 1.84. The first kappa shape index (κ1) is 14.0. The van der Waals surface area contributed by atoms with Crippen molar-refractivity contribution in [1.82, 2.24) is 5.32 Å². The molecule has 0 aromatic carbocycles. The van der Waals surface area contributed by atoms with Gasteiger partial charge >= 0.3 is 0 Å². The third kappa shape index (κ3) is 3.56. The monoisotopic (exact) mass is 252 g/mol. The van der Waals surface area contributed by atoms with E-state index in [2.05, 4.69) is 11.4 Å². The summed E-state index contributed by atoms with van der Waals surface area (Å²) in [5, 5.41) is 3.73. The van der Waals surface area contributed by atoms with E-state index >= 15 is 0 Å². The van der Waals surface area contributed by atoms with E-state index in [0.717, 1.165) is 38.8 Å². The Hall–Kier alpha value is -0.380. The fourth-order valence-electron chi connectivity index (χ4n) is 3.29. The summed E-state index contributed by atoms with van der Waals surface area (Å²) in [6, 6.07) is 0. The lowest BCUT2D eigenvalue weighted by Crippen LogP contribution is -2.54. The predicted octanol–water partition coefficient (Wildman–Crippen LogP) is 2.36. The molecule has 0 aromatic heterocycles. The van der Waals surface area contributed by atoms with Crippen LogP contribution in [0.15, 0.2) is 11.6 Å². The van der Waals surface area contributed by atoms with Crippen LogP contribution in [0.1, 0.15) is 51.4 Å². The molecular formula is C15H28N2O. The lowest BCUT2D eigenvalue weighted by molar-refractivity contribution is 0.0433. The molecule has 3 heteroatoms. The quantitative estimate of drug-likeness (QED) is 0.713. The number of hydrogen-bond donors (Lipinski definition) is 2. The first-order valence-corrected chi connectivity index (χ1v) is 7.44. The molecular weight excluding hydrogens is 224 g/mol. The van der Waals surface area contributed by atoms with Gasteiger partial charge in [-0.15, -0.1) is 0 Å². The van der Waals surface area contributed by atoms with Crippen LogP contribution in [0.25, 0.3) is 0 Å². The van der Waals surface area contributed by atoms with Crippen LogP contribution in [0.3, 0.4) is 0 Å². The molecule has 3 N–H and O–H groups in total. The first-order chi connectivity index (χ1) is 8.78. The molecule has 104 valence electrons. The van der Waals surface area contributed by atoms with Gasteiger partial charge in [-0.2, -0.15) is 0 Å². The highest BCUT2D eigenvalue weighted by Crippen LogP contribution is 2.29. The molecule has 2 aliphatic rings. The molecule has 0 heterocycles. The van der Waals surface area contributed by atoms with Gasteiger partial charge in [-0.3, -0.25) is 0 Å². The maximum absolute atomic E-state index is 6.00. The largest absolute Gasteiger partial charge is 0.381 e. The number of nitrogens with one attached hydrogen (secondary N) is 1. The van der Waals surface area contributed by atoms with Crippen LogP contribution >= 0.6 is 0 Å². The maximum Gasteiger partial charge on any atom is 0.0572 e. The van der Waals surface area contributed by atoms with E-state index in [4.69, 9.17) is 10.5 Å². The highest BCUT2D eigenvalue weighted by molar-refractivity contribution is 5.08. The molecule has 0 atom stereocenters. The van der Waals surface area contributed by atoms with Gasteiger partial charge < -0.3 is 15.8 Å². The second kappa shape index (κ2) is 6.69. The number of rotatable bonds is 6. The van der Waals surface area contributed by atoms with Crippen molar-refractivity contribution in [2.75, 3.05) is 20.2 Å². The minimum absolute atomic E-state index is 0.175. The predicted molar refractivity (Wildman–Crippen MR) is 75.6 cm³/mol. The normalized spacial score (nSPS) is 32.6. The SMILES string of the molecule is COC1CCC(CN)(NCCC2=CCCC2)CC1. The van der Waals surface area contributed by atoms with Gasteiger partial charge in [0.2, 0.25) is 0 Å². The minimum atomic E-state index is 0.175. The summed E-state index contributed by atoms with van der Waals surface area (Å²) < 4.78 is 5.44. The highest BCUT2D eigenvalue weighted by Gasteiger charge is 2.33. The van der Waals surface area contributed by atoms with Crippen molar-refractivity contribution in [1.29, 1.82) is 0 Å². The van der Waals surface area contributed by atoms with Gasteiger partial charge in [-0.05, 0) is 57.9 Å². The van der Waals surface area contributed by atoms with E-state index < -0.39 is 0 Å². The first-order valence-electron chi connectivity index (χ1n) is 7.44. The lowest BCUT2D eigenvalue weighted by Gasteiger charge is -2.40. The Bertz CT molecular complexity index is 280. The number of methoxy groups -OCH3 is 1. The molecule has 1 fully saturated rings. The van der Waals surface area contributed by atoms with E-state index in [1.54, 1.807) is 5.57 Å². The van der Waals surface area contributed by atoms with Crippen molar-refractivity contribution in [2.45, 2.75) is 63.0 Å². The van der Waals surface area contributed by atoms with Crippen molar-refractivity contribution >= 4 is 0 Å². The molecule has 2 rings (SSSR count). The Morgan fingerprint density at radius 2 is 2.22 bits per heavy atom. The summed E-state index contributed by atoms with van der Waals surface area (Å²) in [4.78, 5) is 0. The molecule has 1 saturated carbocycles. The fraction of sp³-hybridized carbons (Fsp3) is 0.867. The van der Waals surface area contributed by atoms with Crippen LogP contribution in [0, 0.1) is 0 Å². The maximum atomic E-state index is 6.00. The van der Waals surface area contributed by atoms with E-state index in [1.807, 2.05) is 7.11 Å². The summed E-state index contributed by atoms with van der Waals surface area (Å²) >= 11 is 0. The van der Waals surface area contributed by atoms with Crippen LogP contribution in [0.2, 0.25) is 0 Å². The van der Waals surface area contributed by atoms with Crippen molar-refractivity contribution < 1.29 is 4.74 Å². The molecule has 2 aliphatic carbocycles. The van der Waals surface area contributed by atoms with Gasteiger partial charge in [0.25, 0.3) is 0 Å². The summed E-state index contributed by atoms with van der Waals surface area (Å²) in [5.74, 6) is 0. The molecule has 0 aromatic rings. The topological polar surface area (TPSA) is 47.3 Å². The van der Waals surface area contributed by atoms with Crippen LogP contribution in [-0.4, -0.2) is 31.8 Å². The van der Waals surface area contributed by atoms with Gasteiger partial charge in [0.05, 0.1) is 6.10 Å². The Kier molecular flexibility index (Phi) is 5.22. The van der Waals surface area contributed by atoms with Crippen molar-refractivity contribution in [3.05, 3.63) is 11.6 Å².